The minimum absolute atomic E-state index is 0.163. The molecule has 0 spiro atoms. The Morgan fingerprint density at radius 3 is 2.18 bits per heavy atom. The molecule has 0 saturated heterocycles. The van der Waals surface area contributed by atoms with Gasteiger partial charge in [-0.05, 0) is 78.6 Å². The van der Waals surface area contributed by atoms with E-state index in [0.717, 1.165) is 11.1 Å². The quantitative estimate of drug-likeness (QED) is 0.0997. The van der Waals surface area contributed by atoms with Crippen LogP contribution in [0.25, 0.3) is 5.08 Å². The molecule has 6 N–H and O–H groups in total. The van der Waals surface area contributed by atoms with Crippen molar-refractivity contribution in [2.45, 2.75) is 25.6 Å². The van der Waals surface area contributed by atoms with Crippen molar-refractivity contribution in [3.8, 4) is 11.8 Å². The Balaban J connectivity index is 1.52. The highest BCUT2D eigenvalue weighted by Crippen LogP contribution is 2.10. The van der Waals surface area contributed by atoms with Gasteiger partial charge in [0.15, 0.2) is 0 Å². The molecule has 2 aromatic carbocycles. The van der Waals surface area contributed by atoms with E-state index in [4.69, 9.17) is 10.6 Å². The lowest BCUT2D eigenvalue weighted by molar-refractivity contribution is -0.131. The van der Waals surface area contributed by atoms with Crippen molar-refractivity contribution in [3.05, 3.63) is 100 Å². The van der Waals surface area contributed by atoms with Crippen LogP contribution >= 0.6 is 0 Å². The van der Waals surface area contributed by atoms with E-state index in [9.17, 15) is 14.4 Å². The second-order valence-corrected chi connectivity index (χ2v) is 8.36. The molecule has 0 aliphatic carbocycles. The van der Waals surface area contributed by atoms with Crippen LogP contribution in [0, 0.1) is 17.2 Å². The van der Waals surface area contributed by atoms with E-state index in [-0.39, 0.29) is 18.0 Å². The Hall–Kier alpha value is -5.30. The molecule has 3 aromatic rings. The molecule has 1 heterocycles. The lowest BCUT2D eigenvalue weighted by Crippen LogP contribution is -2.55. The molecule has 0 bridgehead atoms. The van der Waals surface area contributed by atoms with Gasteiger partial charge in [0.25, 0.3) is 17.2 Å². The molecule has 3 amide bonds. The maximum absolute atomic E-state index is 12.5. The number of carbonyl (C=O) groups excluding carboxylic acids is 3. The van der Waals surface area contributed by atoms with Crippen LogP contribution in [0.3, 0.4) is 0 Å². The summed E-state index contributed by atoms with van der Waals surface area (Å²) in [5.74, 6) is 4.42. The van der Waals surface area contributed by atoms with Crippen molar-refractivity contribution in [2.24, 2.45) is 0 Å². The number of nitrogens with one attached hydrogen (secondary N) is 5. The minimum atomic E-state index is -1.20. The van der Waals surface area contributed by atoms with Gasteiger partial charge >= 0.3 is 5.08 Å². The Bertz CT molecular complexity index is 1380. The third-order valence-corrected chi connectivity index (χ3v) is 5.47. The Morgan fingerprint density at radius 1 is 0.974 bits per heavy atom. The molecule has 0 unspecified atom stereocenters. The highest BCUT2D eigenvalue weighted by molar-refractivity contribution is 5.97. The molecule has 1 aromatic heterocycles. The Kier molecular flexibility index (Phi) is 10.5. The summed E-state index contributed by atoms with van der Waals surface area (Å²) < 4.78 is 0. The average Bonchev–Trinajstić information content (AvgIpc) is 2.96. The topological polar surface area (TPSA) is 173 Å². The number of diazo groups is 1. The van der Waals surface area contributed by atoms with Gasteiger partial charge in [0.2, 0.25) is 5.91 Å². The fraction of sp³-hybridized carbons (Fsp3) is 0.185. The Morgan fingerprint density at radius 2 is 1.59 bits per heavy atom. The van der Waals surface area contributed by atoms with Gasteiger partial charge in [-0.1, -0.05) is 11.8 Å². The summed E-state index contributed by atoms with van der Waals surface area (Å²) in [5.41, 5.74) is 7.05. The zero-order chi connectivity index (χ0) is 28.0. The van der Waals surface area contributed by atoms with E-state index in [0.29, 0.717) is 17.8 Å². The van der Waals surface area contributed by atoms with Gasteiger partial charge in [-0.3, -0.25) is 24.6 Å². The third kappa shape index (κ3) is 8.94. The van der Waals surface area contributed by atoms with Crippen LogP contribution in [0.2, 0.25) is 0 Å². The number of pyridine rings is 1. The van der Waals surface area contributed by atoms with E-state index in [1.807, 2.05) is 12.1 Å². The molecule has 0 aliphatic rings. The number of rotatable bonds is 10. The summed E-state index contributed by atoms with van der Waals surface area (Å²) in [4.78, 5) is 40.5. The predicted octanol–water partition coefficient (Wildman–Crippen LogP) is 1.56. The first-order valence-corrected chi connectivity index (χ1v) is 11.9. The third-order valence-electron chi connectivity index (χ3n) is 5.47. The van der Waals surface area contributed by atoms with Crippen LogP contribution in [0.15, 0.2) is 73.1 Å². The smallest absolute Gasteiger partial charge is 0.303 e. The maximum Gasteiger partial charge on any atom is 0.303 e. The van der Waals surface area contributed by atoms with Crippen molar-refractivity contribution in [1.82, 2.24) is 26.5 Å². The van der Waals surface area contributed by atoms with E-state index in [1.165, 1.54) is 12.4 Å². The van der Waals surface area contributed by atoms with E-state index >= 15 is 0 Å². The SMILES string of the molecule is C[C@@H](N[N+]#N)[C@H](NC(=O)c1ccc(C#Cc2ccc(NC(=O)CNCc3ccncc3)cc2)cc1)C(=O)NO. The van der Waals surface area contributed by atoms with Gasteiger partial charge in [-0.15, -0.1) is 0 Å². The van der Waals surface area contributed by atoms with Crippen LogP contribution in [0.5, 0.6) is 0 Å². The molecule has 198 valence electrons. The molecule has 0 radical (unpaired) electrons. The number of hydrogen-bond donors (Lipinski definition) is 6. The summed E-state index contributed by atoms with van der Waals surface area (Å²) in [5, 5.41) is 28.7. The van der Waals surface area contributed by atoms with Crippen LogP contribution < -0.4 is 26.9 Å². The van der Waals surface area contributed by atoms with Gasteiger partial charge in [0.05, 0.1) is 6.54 Å². The monoisotopic (exact) mass is 527 g/mol. The molecular formula is C27H27N8O4+. The molecule has 2 atom stereocenters. The first-order valence-electron chi connectivity index (χ1n) is 11.9. The number of benzene rings is 2. The average molecular weight is 528 g/mol. The predicted molar refractivity (Wildman–Crippen MR) is 142 cm³/mol. The molecule has 3 rings (SSSR count). The highest BCUT2D eigenvalue weighted by atomic mass is 16.5. The van der Waals surface area contributed by atoms with Crippen LogP contribution in [0.4, 0.5) is 5.69 Å². The number of hydroxylamine groups is 1. The number of nitrogens with zero attached hydrogens (tertiary/aromatic N) is 3. The van der Waals surface area contributed by atoms with Crippen molar-refractivity contribution in [2.75, 3.05) is 11.9 Å². The molecule has 0 aliphatic heterocycles. The normalized spacial score (nSPS) is 11.5. The van der Waals surface area contributed by atoms with Gasteiger partial charge < -0.3 is 16.0 Å². The molecule has 39 heavy (non-hydrogen) atoms. The molecule has 0 fully saturated rings. The number of anilines is 1. The minimum Gasteiger partial charge on any atom is -0.338 e. The number of aromatic nitrogens is 1. The molecular weight excluding hydrogens is 500 g/mol. The van der Waals surface area contributed by atoms with Gasteiger partial charge in [0, 0.05) is 41.3 Å². The molecule has 12 heteroatoms. The van der Waals surface area contributed by atoms with Crippen molar-refractivity contribution in [3.63, 3.8) is 0 Å². The Labute approximate surface area is 224 Å². The summed E-state index contributed by atoms with van der Waals surface area (Å²) >= 11 is 0. The standard InChI is InChI=1S/C27H26N8O4/c1-18(33-35-28)25(27(38)34-39)32-26(37)22-8-4-19(5-9-22)2-3-20-6-10-23(11-7-20)31-24(36)17-30-16-21-12-14-29-15-13-21/h4-15,18,25,30,33H,16-17H2,1H3,(H3-,31,32,34,36,37,38,39)/p+1/t18-,25+/m1/s1. The van der Waals surface area contributed by atoms with Gasteiger partial charge in [0.1, 0.15) is 12.1 Å². The van der Waals surface area contributed by atoms with Crippen LogP contribution in [-0.4, -0.2) is 46.5 Å². The fourth-order valence-corrected chi connectivity index (χ4v) is 3.39. The van der Waals surface area contributed by atoms with Crippen molar-refractivity contribution >= 4 is 23.4 Å². The second kappa shape index (κ2) is 14.4. The summed E-state index contributed by atoms with van der Waals surface area (Å²) in [6, 6.07) is 15.3. The molecule has 0 saturated carbocycles. The van der Waals surface area contributed by atoms with Gasteiger partial charge in [-0.25, -0.2) is 5.48 Å². The van der Waals surface area contributed by atoms with E-state index < -0.39 is 23.9 Å². The fourth-order valence-electron chi connectivity index (χ4n) is 3.39. The van der Waals surface area contributed by atoms with E-state index in [2.05, 4.69) is 43.3 Å². The summed E-state index contributed by atoms with van der Waals surface area (Å²) in [7, 11) is 0. The largest absolute Gasteiger partial charge is 0.338 e. The maximum atomic E-state index is 12.5. The molecule has 12 nitrogen and oxygen atoms in total. The summed E-state index contributed by atoms with van der Waals surface area (Å²) in [6.07, 6.45) is 3.40. The lowest BCUT2D eigenvalue weighted by atomic mass is 10.1. The van der Waals surface area contributed by atoms with Crippen molar-refractivity contribution in [1.29, 1.82) is 5.39 Å². The van der Waals surface area contributed by atoms with Gasteiger partial charge in [-0.2, -0.15) is 0 Å². The number of hydrogen-bond acceptors (Lipinski definition) is 8. The number of carbonyl (C=O) groups is 3. The number of amides is 3. The second-order valence-electron chi connectivity index (χ2n) is 8.36. The summed E-state index contributed by atoms with van der Waals surface area (Å²) in [6.45, 7) is 2.22. The zero-order valence-corrected chi connectivity index (χ0v) is 21.0. The lowest BCUT2D eigenvalue weighted by Gasteiger charge is -2.18. The van der Waals surface area contributed by atoms with Crippen molar-refractivity contribution < 1.29 is 19.6 Å². The highest BCUT2D eigenvalue weighted by Gasteiger charge is 2.30. The van der Waals surface area contributed by atoms with E-state index in [1.54, 1.807) is 60.9 Å². The zero-order valence-electron chi connectivity index (χ0n) is 21.0. The first kappa shape index (κ1) is 28.3. The van der Waals surface area contributed by atoms with Crippen LogP contribution in [0.1, 0.15) is 34.0 Å². The van der Waals surface area contributed by atoms with Crippen LogP contribution in [-0.2, 0) is 16.1 Å². The first-order chi connectivity index (χ1) is 18.9.